The van der Waals surface area contributed by atoms with E-state index in [-0.39, 0.29) is 50.2 Å². The van der Waals surface area contributed by atoms with Crippen LogP contribution in [-0.2, 0) is 43.3 Å². The van der Waals surface area contributed by atoms with Gasteiger partial charge in [0.25, 0.3) is 0 Å². The molecule has 0 spiro atoms. The monoisotopic (exact) mass is 1180 g/mol. The molecule has 0 fully saturated rings. The first-order chi connectivity index (χ1) is 42.2. The fraction of sp³-hybridized carbons (Fsp3) is 0.388. The SMILES string of the molecule is Cc1cc2c(cc1N1c3cc4c(cc3B3c5c(cc6ccccc6c51)-c1cc(N(c5ccc(C(C)(C)C)cc5)c5ccc(C(C)(C)C)cc5)ccc1N3c1ccc3c(c1)C(C)(C)CCC3(C)C)oc1cc3c(cc14)C(C)(C)CCC3(C)C)C(C)(C)CCC2(C)C. The molecule has 0 saturated carbocycles. The fourth-order valence-corrected chi connectivity index (χ4v) is 17.0. The third kappa shape index (κ3) is 8.95. The molecule has 0 saturated heterocycles. The van der Waals surface area contributed by atoms with Crippen LogP contribution in [0.15, 0.2) is 156 Å². The van der Waals surface area contributed by atoms with E-state index in [0.29, 0.717) is 0 Å². The smallest absolute Gasteiger partial charge is 0.333 e. The molecule has 90 heavy (non-hydrogen) atoms. The molecule has 0 atom stereocenters. The van der Waals surface area contributed by atoms with Gasteiger partial charge in [-0.05, 0) is 252 Å². The van der Waals surface area contributed by atoms with Crippen molar-refractivity contribution in [3.63, 3.8) is 0 Å². The van der Waals surface area contributed by atoms with Gasteiger partial charge in [0, 0.05) is 61.5 Å². The van der Waals surface area contributed by atoms with E-state index in [2.05, 4.69) is 298 Å². The number of aryl methyl sites for hydroxylation is 1. The van der Waals surface area contributed by atoms with Gasteiger partial charge in [-0.2, -0.15) is 0 Å². The Labute approximate surface area is 538 Å². The van der Waals surface area contributed by atoms with Crippen molar-refractivity contribution in [3.05, 3.63) is 202 Å². The molecule has 3 heterocycles. The third-order valence-corrected chi connectivity index (χ3v) is 23.2. The highest BCUT2D eigenvalue weighted by atomic mass is 16.3. The van der Waals surface area contributed by atoms with E-state index >= 15 is 0 Å². The summed E-state index contributed by atoms with van der Waals surface area (Å²) in [6, 6.07) is 60.7. The maximum atomic E-state index is 7.40. The van der Waals surface area contributed by atoms with Crippen molar-refractivity contribution < 1.29 is 4.42 Å². The number of hydrogen-bond acceptors (Lipinski definition) is 4. The minimum atomic E-state index is -0.232. The molecule has 10 aromatic rings. The van der Waals surface area contributed by atoms with Crippen molar-refractivity contribution in [2.45, 2.75) is 213 Å². The minimum absolute atomic E-state index is 0.00941. The van der Waals surface area contributed by atoms with Crippen molar-refractivity contribution in [1.29, 1.82) is 0 Å². The summed E-state index contributed by atoms with van der Waals surface area (Å²) in [7, 11) is 0. The molecule has 0 bridgehead atoms. The molecule has 2 aliphatic heterocycles. The lowest BCUT2D eigenvalue weighted by molar-refractivity contribution is 0.332. The number of benzene rings is 9. The van der Waals surface area contributed by atoms with Gasteiger partial charge in [-0.1, -0.05) is 185 Å². The van der Waals surface area contributed by atoms with Gasteiger partial charge in [0.2, 0.25) is 0 Å². The van der Waals surface area contributed by atoms with Crippen LogP contribution in [0.2, 0.25) is 0 Å². The van der Waals surface area contributed by atoms with Crippen molar-refractivity contribution in [2.75, 3.05) is 14.6 Å². The quantitative estimate of drug-likeness (QED) is 0.160. The largest absolute Gasteiger partial charge is 0.456 e. The third-order valence-electron chi connectivity index (χ3n) is 23.2. The highest BCUT2D eigenvalue weighted by Crippen LogP contribution is 2.57. The molecule has 0 unspecified atom stereocenters. The normalized spacial score (nSPS) is 18.8. The van der Waals surface area contributed by atoms with Gasteiger partial charge >= 0.3 is 6.85 Å². The molecule has 4 nitrogen and oxygen atoms in total. The lowest BCUT2D eigenvalue weighted by Crippen LogP contribution is -2.61. The number of nitrogens with zero attached hydrogens (tertiary/aromatic N) is 3. The Balaban J connectivity index is 1.07. The van der Waals surface area contributed by atoms with Gasteiger partial charge < -0.3 is 19.0 Å². The molecule has 1 aromatic heterocycles. The Kier molecular flexibility index (Phi) is 12.6. The van der Waals surface area contributed by atoms with Crippen LogP contribution in [0.1, 0.15) is 213 Å². The van der Waals surface area contributed by atoms with E-state index in [9.17, 15) is 0 Å². The molecule has 0 N–H and O–H groups in total. The molecule has 3 aliphatic carbocycles. The topological polar surface area (TPSA) is 22.9 Å². The number of hydrogen-bond donors (Lipinski definition) is 0. The van der Waals surface area contributed by atoms with Gasteiger partial charge in [-0.25, -0.2) is 0 Å². The number of rotatable bonds is 5. The van der Waals surface area contributed by atoms with Gasteiger partial charge in [0.05, 0.1) is 5.69 Å². The summed E-state index contributed by atoms with van der Waals surface area (Å²) in [5.41, 5.74) is 29.4. The standard InChI is InChI=1S/C85H94BN3O/c1-51-42-65-68(84(16,17)40-38-81(65,10)11)48-72(51)88-73-47-62-61-46-67-69(85(18,19)41-39-83(67,14)15)49-74(61)90-75(62)50-70(73)86-76-63(43-52-22-20-21-23-59(52)77(76)88)60-44-57(33-35-71(60)89(86)58-32-34-64-66(45-58)82(12,13)37-36-80(64,8)9)87(55-28-24-53(25-29-55)78(2,3)4)56-30-26-54(27-31-56)79(5,6)7/h20-35,42-50H,36-41H2,1-19H3. The summed E-state index contributed by atoms with van der Waals surface area (Å²) in [4.78, 5) is 8.00. The van der Waals surface area contributed by atoms with Crippen LogP contribution in [0.25, 0.3) is 43.8 Å². The molecular weight excluding hydrogens is 1090 g/mol. The Morgan fingerprint density at radius 3 is 1.48 bits per heavy atom. The first kappa shape index (κ1) is 58.9. The Morgan fingerprint density at radius 1 is 0.411 bits per heavy atom. The Morgan fingerprint density at radius 2 is 0.900 bits per heavy atom. The first-order valence-corrected chi connectivity index (χ1v) is 33.9. The van der Waals surface area contributed by atoms with Crippen LogP contribution in [0.4, 0.5) is 45.5 Å². The highest BCUT2D eigenvalue weighted by Gasteiger charge is 2.49. The van der Waals surface area contributed by atoms with Crippen LogP contribution in [0.3, 0.4) is 0 Å². The maximum Gasteiger partial charge on any atom is 0.333 e. The summed E-state index contributed by atoms with van der Waals surface area (Å²) < 4.78 is 7.40. The summed E-state index contributed by atoms with van der Waals surface area (Å²) in [5, 5.41) is 4.87. The second-order valence-electron chi connectivity index (χ2n) is 34.3. The highest BCUT2D eigenvalue weighted by molar-refractivity contribution is 6.94. The molecule has 0 radical (unpaired) electrons. The van der Waals surface area contributed by atoms with E-state index in [4.69, 9.17) is 4.42 Å². The van der Waals surface area contributed by atoms with Crippen molar-refractivity contribution in [1.82, 2.24) is 0 Å². The van der Waals surface area contributed by atoms with E-state index in [1.807, 2.05) is 0 Å². The number of anilines is 8. The predicted molar refractivity (Wildman–Crippen MR) is 388 cm³/mol. The summed E-state index contributed by atoms with van der Waals surface area (Å²) in [6.07, 6.45) is 6.90. The fourth-order valence-electron chi connectivity index (χ4n) is 17.0. The Hall–Kier alpha value is -7.50. The zero-order valence-electron chi connectivity index (χ0n) is 57.5. The summed E-state index contributed by atoms with van der Waals surface area (Å²) >= 11 is 0. The molecule has 5 aliphatic rings. The minimum Gasteiger partial charge on any atom is -0.456 e. The van der Waals surface area contributed by atoms with Crippen LogP contribution in [0, 0.1) is 6.92 Å². The zero-order valence-corrected chi connectivity index (χ0v) is 57.5. The second-order valence-corrected chi connectivity index (χ2v) is 34.3. The zero-order chi connectivity index (χ0) is 63.5. The second kappa shape index (κ2) is 19.3. The number of fused-ring (bicyclic) bond motifs is 12. The van der Waals surface area contributed by atoms with Crippen molar-refractivity contribution in [2.24, 2.45) is 0 Å². The predicted octanol–water partition coefficient (Wildman–Crippen LogP) is 22.9. The lowest BCUT2D eigenvalue weighted by atomic mass is 9.43. The van der Waals surface area contributed by atoms with E-state index in [1.165, 1.54) is 122 Å². The first-order valence-electron chi connectivity index (χ1n) is 33.9. The molecular formula is C85H94BN3O. The maximum absolute atomic E-state index is 7.40. The summed E-state index contributed by atoms with van der Waals surface area (Å²) in [6.45, 7) is 45.6. The van der Waals surface area contributed by atoms with Gasteiger partial charge in [-0.3, -0.25) is 0 Å². The molecule has 5 heteroatoms. The van der Waals surface area contributed by atoms with Crippen LogP contribution in [-0.4, -0.2) is 6.85 Å². The van der Waals surface area contributed by atoms with E-state index in [0.717, 1.165) is 66.8 Å². The number of furan rings is 1. The molecule has 9 aromatic carbocycles. The molecule has 15 rings (SSSR count). The average molecular weight is 1180 g/mol. The molecule has 458 valence electrons. The van der Waals surface area contributed by atoms with Crippen LogP contribution in [0.5, 0.6) is 0 Å². The van der Waals surface area contributed by atoms with E-state index in [1.54, 1.807) is 0 Å². The average Bonchev–Trinajstić information content (AvgIpc) is 0.865. The van der Waals surface area contributed by atoms with Gasteiger partial charge in [0.15, 0.2) is 0 Å². The lowest BCUT2D eigenvalue weighted by Gasteiger charge is -2.48. The van der Waals surface area contributed by atoms with Crippen LogP contribution >= 0.6 is 0 Å². The molecule has 0 amide bonds. The van der Waals surface area contributed by atoms with Gasteiger partial charge in [-0.15, -0.1) is 0 Å². The summed E-state index contributed by atoms with van der Waals surface area (Å²) in [5.74, 6) is 0. The van der Waals surface area contributed by atoms with Crippen molar-refractivity contribution in [3.8, 4) is 11.1 Å². The van der Waals surface area contributed by atoms with E-state index < -0.39 is 0 Å². The Bertz CT molecular complexity index is 4590. The van der Waals surface area contributed by atoms with Gasteiger partial charge in [0.1, 0.15) is 11.2 Å². The van der Waals surface area contributed by atoms with Crippen molar-refractivity contribution >= 4 is 96.0 Å². The van der Waals surface area contributed by atoms with Crippen LogP contribution < -0.4 is 25.5 Å².